The largest absolute Gasteiger partial charge is 0.282 e. The average molecular weight is 568 g/mol. The number of pyridine rings is 1. The number of benzene rings is 1. The Balaban J connectivity index is 1.38. The maximum Gasteiger partial charge on any atom is 0.252 e. The molecule has 0 saturated carbocycles. The van der Waals surface area contributed by atoms with Crippen LogP contribution in [0.15, 0.2) is 58.9 Å². The molecule has 182 valence electrons. The quantitative estimate of drug-likeness (QED) is 0.299. The molecule has 1 saturated heterocycles. The fraction of sp³-hybridized carbons (Fsp3) is 0.261. The van der Waals surface area contributed by atoms with E-state index in [-0.39, 0.29) is 35.7 Å². The van der Waals surface area contributed by atoms with Gasteiger partial charge in [-0.3, -0.25) is 14.7 Å². The highest BCUT2D eigenvalue weighted by Crippen LogP contribution is 2.36. The van der Waals surface area contributed by atoms with Crippen LogP contribution in [0.1, 0.15) is 18.5 Å². The molecule has 0 radical (unpaired) electrons. The number of piperidine rings is 1. The number of sulfonamides is 1. The Kier molecular flexibility index (Phi) is 7.11. The number of thiazole rings is 1. The summed E-state index contributed by atoms with van der Waals surface area (Å²) in [5.41, 5.74) is 1.39. The first kappa shape index (κ1) is 24.6. The number of amides is 1. The van der Waals surface area contributed by atoms with Gasteiger partial charge < -0.3 is 0 Å². The number of halogens is 2. The normalized spacial score (nSPS) is 15.5. The van der Waals surface area contributed by atoms with Gasteiger partial charge in [-0.25, -0.2) is 13.4 Å². The predicted molar refractivity (Wildman–Crippen MR) is 141 cm³/mol. The average Bonchev–Trinajstić information content (AvgIpc) is 3.50. The lowest BCUT2D eigenvalue weighted by Gasteiger charge is -2.32. The van der Waals surface area contributed by atoms with Crippen molar-refractivity contribution >= 4 is 77.2 Å². The Morgan fingerprint density at radius 1 is 1.06 bits per heavy atom. The van der Waals surface area contributed by atoms with E-state index in [1.807, 2.05) is 30.3 Å². The zero-order valence-corrected chi connectivity index (χ0v) is 22.3. The minimum atomic E-state index is -3.63. The third-order valence-corrected chi connectivity index (χ3v) is 10.8. The summed E-state index contributed by atoms with van der Waals surface area (Å²) in [7, 11) is -3.63. The van der Waals surface area contributed by atoms with Crippen molar-refractivity contribution in [2.45, 2.75) is 23.6 Å². The van der Waals surface area contributed by atoms with Gasteiger partial charge in [-0.05, 0) is 49.2 Å². The molecule has 1 aromatic carbocycles. The first-order valence-electron chi connectivity index (χ1n) is 10.8. The lowest BCUT2D eigenvalue weighted by atomic mass is 9.96. The maximum absolute atomic E-state index is 13.7. The molecule has 5 rings (SSSR count). The summed E-state index contributed by atoms with van der Waals surface area (Å²) in [6.07, 6.45) is 2.52. The van der Waals surface area contributed by atoms with E-state index in [1.54, 1.807) is 23.2 Å². The van der Waals surface area contributed by atoms with Gasteiger partial charge in [0.25, 0.3) is 10.0 Å². The number of carbonyl (C=O) groups excluding carboxylic acids is 1. The van der Waals surface area contributed by atoms with Gasteiger partial charge in [-0.1, -0.05) is 46.7 Å². The van der Waals surface area contributed by atoms with Gasteiger partial charge in [0, 0.05) is 25.2 Å². The van der Waals surface area contributed by atoms with Crippen molar-refractivity contribution in [3.8, 4) is 0 Å². The van der Waals surface area contributed by atoms with E-state index in [2.05, 4.69) is 9.97 Å². The zero-order valence-electron chi connectivity index (χ0n) is 18.3. The van der Waals surface area contributed by atoms with Gasteiger partial charge >= 0.3 is 0 Å². The summed E-state index contributed by atoms with van der Waals surface area (Å²) in [4.78, 5) is 24.4. The summed E-state index contributed by atoms with van der Waals surface area (Å²) in [6.45, 7) is 0.790. The van der Waals surface area contributed by atoms with Gasteiger partial charge in [0.15, 0.2) is 5.13 Å². The van der Waals surface area contributed by atoms with Crippen LogP contribution in [0.25, 0.3) is 10.2 Å². The van der Waals surface area contributed by atoms with Crippen LogP contribution < -0.4 is 4.90 Å². The molecule has 0 bridgehead atoms. The fourth-order valence-electron chi connectivity index (χ4n) is 4.04. The molecule has 1 fully saturated rings. The molecular formula is C23H20Cl2N4O3S3. The molecule has 3 aromatic heterocycles. The van der Waals surface area contributed by atoms with Crippen LogP contribution in [0.5, 0.6) is 0 Å². The van der Waals surface area contributed by atoms with Crippen molar-refractivity contribution in [1.29, 1.82) is 0 Å². The Morgan fingerprint density at radius 3 is 2.51 bits per heavy atom. The molecule has 0 spiro atoms. The van der Waals surface area contributed by atoms with E-state index in [1.165, 1.54) is 21.7 Å². The molecule has 0 atom stereocenters. The highest BCUT2D eigenvalue weighted by molar-refractivity contribution is 7.91. The van der Waals surface area contributed by atoms with Crippen LogP contribution >= 0.6 is 45.9 Å². The number of aromatic nitrogens is 2. The SMILES string of the molecule is O=C(C1CCN(S(=O)(=O)c2ccc(Cl)s2)CC1)N(Cc1ccccn1)c1nc2c(Cl)cccc2s1. The molecule has 1 amide bonds. The topological polar surface area (TPSA) is 83.5 Å². The summed E-state index contributed by atoms with van der Waals surface area (Å²) in [5, 5.41) is 1.08. The Hall–Kier alpha value is -2.08. The van der Waals surface area contributed by atoms with Crippen LogP contribution in [0.4, 0.5) is 5.13 Å². The minimum absolute atomic E-state index is 0.0953. The standard InChI is InChI=1S/C23H20Cl2N4O3S3/c24-17-5-3-6-18-21(17)27-23(33-18)29(14-16-4-1-2-11-26-16)22(30)15-9-12-28(13-10-15)35(31,32)20-8-7-19(25)34-20/h1-8,11,15H,9-10,12-14H2. The highest BCUT2D eigenvalue weighted by Gasteiger charge is 2.35. The van der Waals surface area contributed by atoms with Crippen LogP contribution in [-0.2, 0) is 21.4 Å². The number of rotatable bonds is 6. The number of anilines is 1. The minimum Gasteiger partial charge on any atom is -0.282 e. The van der Waals surface area contributed by atoms with Gasteiger partial charge in [-0.2, -0.15) is 4.31 Å². The summed E-state index contributed by atoms with van der Waals surface area (Å²) < 4.78 is 28.9. The Morgan fingerprint density at radius 2 is 1.86 bits per heavy atom. The third kappa shape index (κ3) is 5.09. The van der Waals surface area contributed by atoms with Crippen molar-refractivity contribution in [3.63, 3.8) is 0 Å². The molecule has 4 heterocycles. The summed E-state index contributed by atoms with van der Waals surface area (Å²) >= 11 is 14.7. The molecule has 0 unspecified atom stereocenters. The smallest absolute Gasteiger partial charge is 0.252 e. The predicted octanol–water partition coefficient (Wildman–Crippen LogP) is 5.69. The summed E-state index contributed by atoms with van der Waals surface area (Å²) in [5.74, 6) is -0.429. The number of carbonyl (C=O) groups is 1. The van der Waals surface area contributed by atoms with Crippen molar-refractivity contribution < 1.29 is 13.2 Å². The zero-order chi connectivity index (χ0) is 24.6. The number of thiophene rings is 1. The van der Waals surface area contributed by atoms with Gasteiger partial charge in [0.1, 0.15) is 9.73 Å². The Bertz CT molecular complexity index is 1470. The fourth-order valence-corrected chi connectivity index (χ4v) is 8.42. The molecular weight excluding hydrogens is 547 g/mol. The van der Waals surface area contributed by atoms with Crippen LogP contribution in [0, 0.1) is 5.92 Å². The van der Waals surface area contributed by atoms with Crippen molar-refractivity contribution in [3.05, 3.63) is 69.8 Å². The van der Waals surface area contributed by atoms with E-state index in [4.69, 9.17) is 23.2 Å². The maximum atomic E-state index is 13.7. The molecule has 7 nitrogen and oxygen atoms in total. The molecule has 0 N–H and O–H groups in total. The molecule has 12 heteroatoms. The Labute approximate surface area is 221 Å². The molecule has 0 aliphatic carbocycles. The second-order valence-corrected chi connectivity index (χ2v) is 13.4. The monoisotopic (exact) mass is 566 g/mol. The number of hydrogen-bond acceptors (Lipinski definition) is 7. The third-order valence-electron chi connectivity index (χ3n) is 5.85. The van der Waals surface area contributed by atoms with Gasteiger partial charge in [0.05, 0.1) is 26.3 Å². The number of nitrogens with zero attached hydrogens (tertiary/aromatic N) is 4. The number of para-hydroxylation sites is 1. The lowest BCUT2D eigenvalue weighted by Crippen LogP contribution is -2.44. The van der Waals surface area contributed by atoms with E-state index in [9.17, 15) is 13.2 Å². The first-order valence-corrected chi connectivity index (χ1v) is 14.7. The van der Waals surface area contributed by atoms with E-state index in [0.29, 0.717) is 32.8 Å². The first-order chi connectivity index (χ1) is 16.8. The second kappa shape index (κ2) is 10.1. The lowest BCUT2D eigenvalue weighted by molar-refractivity contribution is -0.123. The highest BCUT2D eigenvalue weighted by atomic mass is 35.5. The van der Waals surface area contributed by atoms with Crippen molar-refractivity contribution in [1.82, 2.24) is 14.3 Å². The number of hydrogen-bond donors (Lipinski definition) is 0. The van der Waals surface area contributed by atoms with Crippen LogP contribution in [-0.4, -0.2) is 41.7 Å². The molecule has 1 aliphatic heterocycles. The molecule has 4 aromatic rings. The van der Waals surface area contributed by atoms with Crippen LogP contribution in [0.3, 0.4) is 0 Å². The molecule has 1 aliphatic rings. The number of fused-ring (bicyclic) bond motifs is 1. The van der Waals surface area contributed by atoms with Crippen LogP contribution in [0.2, 0.25) is 9.36 Å². The van der Waals surface area contributed by atoms with E-state index >= 15 is 0 Å². The van der Waals surface area contributed by atoms with Crippen molar-refractivity contribution in [2.75, 3.05) is 18.0 Å². The second-order valence-electron chi connectivity index (χ2n) is 8.07. The molecule has 35 heavy (non-hydrogen) atoms. The van der Waals surface area contributed by atoms with E-state index in [0.717, 1.165) is 21.7 Å². The van der Waals surface area contributed by atoms with Gasteiger partial charge in [-0.15, -0.1) is 11.3 Å². The van der Waals surface area contributed by atoms with Crippen molar-refractivity contribution in [2.24, 2.45) is 5.92 Å². The summed E-state index contributed by atoms with van der Waals surface area (Å²) in [6, 6.07) is 14.2. The van der Waals surface area contributed by atoms with E-state index < -0.39 is 10.0 Å². The van der Waals surface area contributed by atoms with Gasteiger partial charge in [0.2, 0.25) is 5.91 Å².